The highest BCUT2D eigenvalue weighted by Gasteiger charge is 2.28. The van der Waals surface area contributed by atoms with Crippen molar-refractivity contribution in [2.45, 2.75) is 26.0 Å². The van der Waals surface area contributed by atoms with Crippen molar-refractivity contribution < 1.29 is 19.4 Å². The van der Waals surface area contributed by atoms with Crippen LogP contribution in [0.4, 0.5) is 0 Å². The molecule has 1 aromatic rings. The zero-order valence-corrected chi connectivity index (χ0v) is 10.4. The summed E-state index contributed by atoms with van der Waals surface area (Å²) in [6, 6.07) is 5.96. The molecule has 1 aromatic carbocycles. The van der Waals surface area contributed by atoms with E-state index in [0.29, 0.717) is 12.0 Å². The van der Waals surface area contributed by atoms with Crippen LogP contribution in [-0.2, 0) is 14.3 Å². The van der Waals surface area contributed by atoms with Gasteiger partial charge in [-0.25, -0.2) is 4.79 Å². The Morgan fingerprint density at radius 1 is 1.44 bits per heavy atom. The molecule has 0 bridgehead atoms. The molecule has 2 N–H and O–H groups in total. The second-order valence-corrected chi connectivity index (χ2v) is 3.87. The number of amides is 1. The lowest BCUT2D eigenvalue weighted by atomic mass is 10.0. The number of aliphatic hydroxyl groups excluding tert-OH is 1. The van der Waals surface area contributed by atoms with Gasteiger partial charge in [0.1, 0.15) is 6.10 Å². The molecule has 5 nitrogen and oxygen atoms in total. The molecule has 0 aliphatic heterocycles. The number of ether oxygens (including phenoxy) is 1. The van der Waals surface area contributed by atoms with E-state index in [1.807, 2.05) is 19.1 Å². The number of carbonyl (C=O) groups excluding carboxylic acids is 2. The fourth-order valence-corrected chi connectivity index (χ4v) is 1.55. The average Bonchev–Trinajstić information content (AvgIpc) is 2.36. The minimum Gasteiger partial charge on any atom is -0.464 e. The lowest BCUT2D eigenvalue weighted by Gasteiger charge is -2.20. The van der Waals surface area contributed by atoms with Crippen molar-refractivity contribution in [3.63, 3.8) is 0 Å². The Morgan fingerprint density at radius 2 is 2.06 bits per heavy atom. The van der Waals surface area contributed by atoms with Crippen LogP contribution >= 0.6 is 0 Å². The van der Waals surface area contributed by atoms with Crippen LogP contribution in [-0.4, -0.2) is 30.1 Å². The lowest BCUT2D eigenvalue weighted by molar-refractivity contribution is -0.149. The average molecular weight is 251 g/mol. The van der Waals surface area contributed by atoms with Gasteiger partial charge < -0.3 is 15.2 Å². The molecule has 98 valence electrons. The first kappa shape index (κ1) is 14.2. The number of benzene rings is 1. The van der Waals surface area contributed by atoms with E-state index in [2.05, 4.69) is 5.32 Å². The molecule has 0 aliphatic carbocycles. The topological polar surface area (TPSA) is 75.6 Å². The molecule has 18 heavy (non-hydrogen) atoms. The highest BCUT2D eigenvalue weighted by Crippen LogP contribution is 2.18. The lowest BCUT2D eigenvalue weighted by Crippen LogP contribution is -2.42. The van der Waals surface area contributed by atoms with Gasteiger partial charge in [-0.15, -0.1) is 0 Å². The maximum atomic E-state index is 11.6. The first-order chi connectivity index (χ1) is 8.60. The van der Waals surface area contributed by atoms with Crippen molar-refractivity contribution in [2.75, 3.05) is 6.61 Å². The quantitative estimate of drug-likeness (QED) is 0.576. The Hall–Kier alpha value is -1.88. The van der Waals surface area contributed by atoms with Crippen molar-refractivity contribution in [2.24, 2.45) is 0 Å². The van der Waals surface area contributed by atoms with Crippen LogP contribution in [0.25, 0.3) is 0 Å². The molecule has 0 saturated carbocycles. The molecule has 0 radical (unpaired) electrons. The summed E-state index contributed by atoms with van der Waals surface area (Å²) >= 11 is 0. The Morgan fingerprint density at radius 3 is 2.56 bits per heavy atom. The van der Waals surface area contributed by atoms with E-state index >= 15 is 0 Å². The molecule has 1 amide bonds. The van der Waals surface area contributed by atoms with Crippen molar-refractivity contribution in [3.8, 4) is 0 Å². The van der Waals surface area contributed by atoms with E-state index in [0.717, 1.165) is 5.56 Å². The van der Waals surface area contributed by atoms with E-state index < -0.39 is 18.1 Å². The van der Waals surface area contributed by atoms with Crippen LogP contribution in [0, 0.1) is 6.92 Å². The summed E-state index contributed by atoms with van der Waals surface area (Å²) in [7, 11) is 0. The highest BCUT2D eigenvalue weighted by molar-refractivity contribution is 5.79. The Kier molecular flexibility index (Phi) is 5.32. The zero-order chi connectivity index (χ0) is 13.5. The highest BCUT2D eigenvalue weighted by atomic mass is 16.5. The van der Waals surface area contributed by atoms with Gasteiger partial charge in [0.2, 0.25) is 6.41 Å². The van der Waals surface area contributed by atoms with Gasteiger partial charge in [0.05, 0.1) is 6.61 Å². The Bertz CT molecular complexity index is 402. The van der Waals surface area contributed by atoms with Crippen LogP contribution in [0.1, 0.15) is 24.2 Å². The largest absolute Gasteiger partial charge is 0.464 e. The third-order valence-corrected chi connectivity index (χ3v) is 2.52. The Labute approximate surface area is 106 Å². The molecule has 2 atom stereocenters. The van der Waals surface area contributed by atoms with Crippen LogP contribution in [0.2, 0.25) is 0 Å². The molecule has 0 aromatic heterocycles. The fraction of sp³-hybridized carbons (Fsp3) is 0.385. The van der Waals surface area contributed by atoms with E-state index in [1.165, 1.54) is 0 Å². The van der Waals surface area contributed by atoms with Crippen LogP contribution < -0.4 is 5.32 Å². The summed E-state index contributed by atoms with van der Waals surface area (Å²) in [6.07, 6.45) is -0.756. The third-order valence-electron chi connectivity index (χ3n) is 2.52. The van der Waals surface area contributed by atoms with E-state index in [4.69, 9.17) is 4.74 Å². The van der Waals surface area contributed by atoms with E-state index in [1.54, 1.807) is 19.1 Å². The van der Waals surface area contributed by atoms with Crippen molar-refractivity contribution in [1.82, 2.24) is 5.32 Å². The molecule has 0 heterocycles. The summed E-state index contributed by atoms with van der Waals surface area (Å²) < 4.78 is 4.80. The maximum absolute atomic E-state index is 11.6. The SMILES string of the molecule is CCOC(=O)C(NC=O)C(O)c1ccc(C)cc1. The predicted molar refractivity (Wildman–Crippen MR) is 65.8 cm³/mol. The molecule has 0 saturated heterocycles. The number of carbonyl (C=O) groups is 2. The van der Waals surface area contributed by atoms with Gasteiger partial charge >= 0.3 is 5.97 Å². The van der Waals surface area contributed by atoms with Gasteiger partial charge in [0, 0.05) is 0 Å². The first-order valence-electron chi connectivity index (χ1n) is 5.71. The molecule has 0 aliphatic rings. The number of hydrogen-bond donors (Lipinski definition) is 2. The summed E-state index contributed by atoms with van der Waals surface area (Å²) in [6.45, 7) is 3.77. The normalized spacial score (nSPS) is 13.5. The van der Waals surface area contributed by atoms with Gasteiger partial charge in [-0.2, -0.15) is 0 Å². The first-order valence-corrected chi connectivity index (χ1v) is 5.71. The smallest absolute Gasteiger partial charge is 0.331 e. The molecule has 2 unspecified atom stereocenters. The van der Waals surface area contributed by atoms with Crippen LogP contribution in [0.3, 0.4) is 0 Å². The number of esters is 1. The molecular formula is C13H17NO4. The van der Waals surface area contributed by atoms with Crippen LogP contribution in [0.5, 0.6) is 0 Å². The van der Waals surface area contributed by atoms with E-state index in [9.17, 15) is 14.7 Å². The van der Waals surface area contributed by atoms with E-state index in [-0.39, 0.29) is 6.61 Å². The van der Waals surface area contributed by atoms with Crippen LogP contribution in [0.15, 0.2) is 24.3 Å². The predicted octanol–water partition coefficient (Wildman–Crippen LogP) is 0.706. The minimum atomic E-state index is -1.13. The summed E-state index contributed by atoms with van der Waals surface area (Å²) in [4.78, 5) is 22.1. The number of hydrogen-bond acceptors (Lipinski definition) is 4. The molecule has 0 fully saturated rings. The van der Waals surface area contributed by atoms with Gasteiger partial charge in [-0.1, -0.05) is 29.8 Å². The summed E-state index contributed by atoms with van der Waals surface area (Å²) in [5, 5.41) is 12.4. The van der Waals surface area contributed by atoms with Crippen molar-refractivity contribution in [1.29, 1.82) is 0 Å². The standard InChI is InChI=1S/C13H17NO4/c1-3-18-13(17)11(14-8-15)12(16)10-6-4-9(2)5-7-10/h4-8,11-12,16H,3H2,1-2H3,(H,14,15). The second kappa shape index (κ2) is 6.76. The molecule has 1 rings (SSSR count). The van der Waals surface area contributed by atoms with Crippen molar-refractivity contribution in [3.05, 3.63) is 35.4 Å². The molecule has 0 spiro atoms. The number of rotatable bonds is 6. The second-order valence-electron chi connectivity index (χ2n) is 3.87. The van der Waals surface area contributed by atoms with Gasteiger partial charge in [0.25, 0.3) is 0 Å². The monoisotopic (exact) mass is 251 g/mol. The molecular weight excluding hydrogens is 234 g/mol. The third kappa shape index (κ3) is 3.56. The zero-order valence-electron chi connectivity index (χ0n) is 10.4. The summed E-state index contributed by atoms with van der Waals surface area (Å²) in [5.41, 5.74) is 1.59. The fourth-order valence-electron chi connectivity index (χ4n) is 1.55. The number of aliphatic hydroxyl groups is 1. The van der Waals surface area contributed by atoms with Gasteiger partial charge in [-0.3, -0.25) is 4.79 Å². The maximum Gasteiger partial charge on any atom is 0.331 e. The summed E-state index contributed by atoms with van der Waals surface area (Å²) in [5.74, 6) is -0.655. The van der Waals surface area contributed by atoms with Gasteiger partial charge in [0.15, 0.2) is 6.04 Å². The number of aryl methyl sites for hydroxylation is 1. The number of nitrogens with one attached hydrogen (secondary N) is 1. The molecule has 5 heteroatoms. The van der Waals surface area contributed by atoms with Gasteiger partial charge in [-0.05, 0) is 19.4 Å². The minimum absolute atomic E-state index is 0.191. The van der Waals surface area contributed by atoms with Crippen molar-refractivity contribution >= 4 is 12.4 Å². The Balaban J connectivity index is 2.87.